The van der Waals surface area contributed by atoms with Crippen molar-refractivity contribution in [3.8, 4) is 0 Å². The van der Waals surface area contributed by atoms with Crippen molar-refractivity contribution in [1.29, 1.82) is 0 Å². The Kier molecular flexibility index (Phi) is 2.59. The first-order valence-electron chi connectivity index (χ1n) is 5.43. The molecule has 0 amide bonds. The molecule has 1 aliphatic carbocycles. The zero-order valence-electron chi connectivity index (χ0n) is 9.03. The molecule has 0 aromatic carbocycles. The van der Waals surface area contributed by atoms with Crippen LogP contribution in [-0.2, 0) is 7.05 Å². The summed E-state index contributed by atoms with van der Waals surface area (Å²) in [5.41, 5.74) is 8.40. The molecule has 0 bridgehead atoms. The molecule has 3 heteroatoms. The minimum atomic E-state index is 0.431. The van der Waals surface area contributed by atoms with Gasteiger partial charge in [-0.25, -0.2) is 0 Å². The van der Waals surface area contributed by atoms with Gasteiger partial charge in [0.05, 0.1) is 5.69 Å². The fourth-order valence-corrected chi connectivity index (χ4v) is 2.43. The monoisotopic (exact) mass is 193 g/mol. The fraction of sp³-hybridized carbons (Fsp3) is 0.727. The van der Waals surface area contributed by atoms with Crippen molar-refractivity contribution in [2.75, 3.05) is 0 Å². The minimum absolute atomic E-state index is 0.431. The number of hydrogen-bond acceptors (Lipinski definition) is 2. The van der Waals surface area contributed by atoms with Gasteiger partial charge in [-0.2, -0.15) is 5.10 Å². The first kappa shape index (κ1) is 9.71. The molecule has 14 heavy (non-hydrogen) atoms. The van der Waals surface area contributed by atoms with Gasteiger partial charge in [0.25, 0.3) is 0 Å². The van der Waals surface area contributed by atoms with Crippen molar-refractivity contribution >= 4 is 0 Å². The van der Waals surface area contributed by atoms with Crippen molar-refractivity contribution in [3.63, 3.8) is 0 Å². The highest BCUT2D eigenvalue weighted by Gasteiger charge is 2.22. The molecule has 3 nitrogen and oxygen atoms in total. The molecule has 0 spiro atoms. The topological polar surface area (TPSA) is 43.8 Å². The van der Waals surface area contributed by atoms with E-state index >= 15 is 0 Å². The first-order valence-corrected chi connectivity index (χ1v) is 5.43. The van der Waals surface area contributed by atoms with Crippen LogP contribution in [0.15, 0.2) is 6.07 Å². The van der Waals surface area contributed by atoms with Gasteiger partial charge in [-0.1, -0.05) is 0 Å². The standard InChI is InChI=1S/C11H19N3/c1-8-7-11(14(2)13-8)9-3-5-10(12)6-4-9/h7,9-10H,3-6,12H2,1-2H3. The van der Waals surface area contributed by atoms with Crippen LogP contribution >= 0.6 is 0 Å². The lowest BCUT2D eigenvalue weighted by atomic mass is 9.84. The summed E-state index contributed by atoms with van der Waals surface area (Å²) in [6.45, 7) is 2.05. The van der Waals surface area contributed by atoms with Gasteiger partial charge < -0.3 is 5.73 Å². The van der Waals surface area contributed by atoms with Crippen LogP contribution in [0.5, 0.6) is 0 Å². The molecule has 1 saturated carbocycles. The van der Waals surface area contributed by atoms with E-state index in [9.17, 15) is 0 Å². The summed E-state index contributed by atoms with van der Waals surface area (Å²) < 4.78 is 2.02. The zero-order chi connectivity index (χ0) is 10.1. The molecule has 0 aliphatic heterocycles. The van der Waals surface area contributed by atoms with Crippen molar-refractivity contribution in [2.45, 2.75) is 44.6 Å². The summed E-state index contributed by atoms with van der Waals surface area (Å²) in [6.07, 6.45) is 4.77. The molecule has 1 aliphatic rings. The SMILES string of the molecule is Cc1cc(C2CCC(N)CC2)n(C)n1. The smallest absolute Gasteiger partial charge is 0.0596 e. The van der Waals surface area contributed by atoms with E-state index in [1.165, 1.54) is 18.5 Å². The van der Waals surface area contributed by atoms with Gasteiger partial charge in [0.1, 0.15) is 0 Å². The maximum atomic E-state index is 5.90. The highest BCUT2D eigenvalue weighted by molar-refractivity contribution is 5.14. The van der Waals surface area contributed by atoms with E-state index in [0.717, 1.165) is 18.5 Å². The molecule has 1 heterocycles. The van der Waals surface area contributed by atoms with Crippen molar-refractivity contribution in [1.82, 2.24) is 9.78 Å². The maximum absolute atomic E-state index is 5.90. The molecule has 2 N–H and O–H groups in total. The average molecular weight is 193 g/mol. The van der Waals surface area contributed by atoms with E-state index in [2.05, 4.69) is 18.1 Å². The largest absolute Gasteiger partial charge is 0.328 e. The first-order chi connectivity index (χ1) is 6.66. The molecule has 1 aromatic rings. The van der Waals surface area contributed by atoms with Crippen LogP contribution in [0, 0.1) is 6.92 Å². The van der Waals surface area contributed by atoms with Gasteiger partial charge in [0, 0.05) is 24.7 Å². The molecule has 0 radical (unpaired) electrons. The van der Waals surface area contributed by atoms with Crippen molar-refractivity contribution < 1.29 is 0 Å². The lowest BCUT2D eigenvalue weighted by Gasteiger charge is -2.25. The minimum Gasteiger partial charge on any atom is -0.328 e. The second kappa shape index (κ2) is 3.73. The maximum Gasteiger partial charge on any atom is 0.0596 e. The molecular formula is C11H19N3. The Morgan fingerprint density at radius 3 is 2.50 bits per heavy atom. The van der Waals surface area contributed by atoms with E-state index in [1.54, 1.807) is 0 Å². The van der Waals surface area contributed by atoms with Crippen molar-refractivity contribution in [2.24, 2.45) is 12.8 Å². The van der Waals surface area contributed by atoms with Crippen molar-refractivity contribution in [3.05, 3.63) is 17.5 Å². The molecule has 0 saturated heterocycles. The molecule has 1 fully saturated rings. The second-order valence-corrected chi connectivity index (χ2v) is 4.45. The Morgan fingerprint density at radius 2 is 2.00 bits per heavy atom. The van der Waals surface area contributed by atoms with Gasteiger partial charge >= 0.3 is 0 Å². The average Bonchev–Trinajstić information content (AvgIpc) is 2.47. The van der Waals surface area contributed by atoms with Crippen LogP contribution in [0.1, 0.15) is 43.0 Å². The van der Waals surface area contributed by atoms with Gasteiger partial charge in [-0.15, -0.1) is 0 Å². The van der Waals surface area contributed by atoms with Crippen LogP contribution in [0.2, 0.25) is 0 Å². The predicted molar refractivity (Wildman–Crippen MR) is 57.1 cm³/mol. The van der Waals surface area contributed by atoms with Gasteiger partial charge in [0.2, 0.25) is 0 Å². The molecule has 0 unspecified atom stereocenters. The van der Waals surface area contributed by atoms with Crippen LogP contribution < -0.4 is 5.73 Å². The fourth-order valence-electron chi connectivity index (χ4n) is 2.43. The Morgan fingerprint density at radius 1 is 1.36 bits per heavy atom. The summed E-state index contributed by atoms with van der Waals surface area (Å²) >= 11 is 0. The molecule has 1 aromatic heterocycles. The summed E-state index contributed by atoms with van der Waals surface area (Å²) in [5.74, 6) is 0.681. The molecule has 2 rings (SSSR count). The highest BCUT2D eigenvalue weighted by atomic mass is 15.3. The highest BCUT2D eigenvalue weighted by Crippen LogP contribution is 2.32. The Hall–Kier alpha value is -0.830. The summed E-state index contributed by atoms with van der Waals surface area (Å²) in [7, 11) is 2.04. The lowest BCUT2D eigenvalue weighted by molar-refractivity contribution is 0.382. The van der Waals surface area contributed by atoms with E-state index in [0.29, 0.717) is 12.0 Å². The van der Waals surface area contributed by atoms with Gasteiger partial charge in [-0.05, 0) is 38.7 Å². The predicted octanol–water partition coefficient (Wildman–Crippen LogP) is 1.71. The van der Waals surface area contributed by atoms with Crippen LogP contribution in [0.25, 0.3) is 0 Å². The van der Waals surface area contributed by atoms with Gasteiger partial charge in [-0.3, -0.25) is 4.68 Å². The quantitative estimate of drug-likeness (QED) is 0.738. The molecule has 0 atom stereocenters. The summed E-state index contributed by atoms with van der Waals surface area (Å²) in [4.78, 5) is 0. The number of hydrogen-bond donors (Lipinski definition) is 1. The lowest BCUT2D eigenvalue weighted by Crippen LogP contribution is -2.26. The van der Waals surface area contributed by atoms with Crippen LogP contribution in [0.3, 0.4) is 0 Å². The number of aryl methyl sites for hydroxylation is 2. The van der Waals surface area contributed by atoms with Crippen LogP contribution in [-0.4, -0.2) is 15.8 Å². The number of rotatable bonds is 1. The van der Waals surface area contributed by atoms with E-state index in [4.69, 9.17) is 5.73 Å². The second-order valence-electron chi connectivity index (χ2n) is 4.45. The molecular weight excluding hydrogens is 174 g/mol. The normalized spacial score (nSPS) is 27.9. The third-order valence-electron chi connectivity index (χ3n) is 3.23. The molecule has 78 valence electrons. The Balaban J connectivity index is 2.11. The third kappa shape index (κ3) is 1.82. The summed E-state index contributed by atoms with van der Waals surface area (Å²) in [6, 6.07) is 2.64. The number of nitrogens with zero attached hydrogens (tertiary/aromatic N) is 2. The number of aromatic nitrogens is 2. The third-order valence-corrected chi connectivity index (χ3v) is 3.23. The Labute approximate surface area is 85.3 Å². The van der Waals surface area contributed by atoms with Crippen LogP contribution in [0.4, 0.5) is 0 Å². The van der Waals surface area contributed by atoms with Gasteiger partial charge in [0.15, 0.2) is 0 Å². The Bertz CT molecular complexity index is 308. The number of nitrogens with two attached hydrogens (primary N) is 1. The van der Waals surface area contributed by atoms with E-state index in [1.807, 2.05) is 11.7 Å². The zero-order valence-corrected chi connectivity index (χ0v) is 9.03. The van der Waals surface area contributed by atoms with E-state index in [-0.39, 0.29) is 0 Å². The van der Waals surface area contributed by atoms with E-state index < -0.39 is 0 Å². The summed E-state index contributed by atoms with van der Waals surface area (Å²) in [5, 5.41) is 4.39.